The van der Waals surface area contributed by atoms with Gasteiger partial charge in [0.15, 0.2) is 0 Å². The van der Waals surface area contributed by atoms with Crippen LogP contribution in [0.2, 0.25) is 0 Å². The Kier molecular flexibility index (Phi) is 2.44. The van der Waals surface area contributed by atoms with E-state index in [4.69, 9.17) is 16.6 Å². The summed E-state index contributed by atoms with van der Waals surface area (Å²) in [4.78, 5) is 0. The number of rotatable bonds is 2. The summed E-state index contributed by atoms with van der Waals surface area (Å²) in [6.45, 7) is 4.69. The average molecular weight is 126 g/mol. The van der Waals surface area contributed by atoms with E-state index in [-0.39, 0.29) is 0 Å². The number of aliphatic hydroxyl groups is 2. The third-order valence-corrected chi connectivity index (χ3v) is 1.12. The SMILES string of the molecule is C#C[C@H](O)[C@](C)(O)C=C. The van der Waals surface area contributed by atoms with Gasteiger partial charge in [0.05, 0.1) is 0 Å². The standard InChI is InChI=1S/C7H10O2/c1-4-6(8)7(3,9)5-2/h1,5-6,8-9H,2H2,3H3/t6-,7+/m0/s1. The minimum atomic E-state index is -1.37. The smallest absolute Gasteiger partial charge is 0.146 e. The molecular weight excluding hydrogens is 116 g/mol. The molecule has 0 saturated heterocycles. The van der Waals surface area contributed by atoms with E-state index in [1.807, 2.05) is 5.92 Å². The molecule has 2 N–H and O–H groups in total. The third-order valence-electron chi connectivity index (χ3n) is 1.12. The molecule has 0 aliphatic rings. The fourth-order valence-corrected chi connectivity index (χ4v) is 0.280. The zero-order valence-corrected chi connectivity index (χ0v) is 5.33. The molecule has 0 aliphatic carbocycles. The molecule has 2 nitrogen and oxygen atoms in total. The molecule has 0 fully saturated rings. The quantitative estimate of drug-likeness (QED) is 0.401. The van der Waals surface area contributed by atoms with Crippen molar-refractivity contribution in [1.82, 2.24) is 0 Å². The van der Waals surface area contributed by atoms with Gasteiger partial charge in [-0.15, -0.1) is 13.0 Å². The Morgan fingerprint density at radius 1 is 1.89 bits per heavy atom. The summed E-state index contributed by atoms with van der Waals surface area (Å²) in [6.07, 6.45) is 4.86. The van der Waals surface area contributed by atoms with Crippen LogP contribution in [0.3, 0.4) is 0 Å². The molecule has 9 heavy (non-hydrogen) atoms. The molecule has 2 atom stereocenters. The summed E-state index contributed by atoms with van der Waals surface area (Å²) in [5, 5.41) is 17.9. The molecule has 0 unspecified atom stereocenters. The summed E-state index contributed by atoms with van der Waals surface area (Å²) in [5.74, 6) is 1.99. The van der Waals surface area contributed by atoms with Crippen molar-refractivity contribution in [1.29, 1.82) is 0 Å². The van der Waals surface area contributed by atoms with Crippen LogP contribution in [-0.2, 0) is 0 Å². The number of terminal acetylenes is 1. The molecule has 0 amide bonds. The van der Waals surface area contributed by atoms with Gasteiger partial charge in [0, 0.05) is 0 Å². The molecule has 2 heteroatoms. The molecule has 0 spiro atoms. The van der Waals surface area contributed by atoms with Gasteiger partial charge >= 0.3 is 0 Å². The fourth-order valence-electron chi connectivity index (χ4n) is 0.280. The summed E-state index contributed by atoms with van der Waals surface area (Å²) < 4.78 is 0. The summed E-state index contributed by atoms with van der Waals surface area (Å²) in [5.41, 5.74) is -1.37. The van der Waals surface area contributed by atoms with E-state index in [9.17, 15) is 0 Å². The maximum absolute atomic E-state index is 9.08. The molecule has 0 heterocycles. The summed E-state index contributed by atoms with van der Waals surface area (Å²) >= 11 is 0. The maximum atomic E-state index is 9.08. The Labute approximate surface area is 54.8 Å². The topological polar surface area (TPSA) is 40.5 Å². The molecule has 0 radical (unpaired) electrons. The van der Waals surface area contributed by atoms with Crippen LogP contribution in [-0.4, -0.2) is 21.9 Å². The highest BCUT2D eigenvalue weighted by Crippen LogP contribution is 2.08. The molecule has 0 aliphatic heterocycles. The van der Waals surface area contributed by atoms with Crippen molar-refractivity contribution < 1.29 is 10.2 Å². The van der Waals surface area contributed by atoms with Crippen molar-refractivity contribution in [3.8, 4) is 12.3 Å². The van der Waals surface area contributed by atoms with Gasteiger partial charge in [0.25, 0.3) is 0 Å². The van der Waals surface area contributed by atoms with Gasteiger partial charge < -0.3 is 10.2 Å². The Morgan fingerprint density at radius 3 is 2.44 bits per heavy atom. The first-order valence-corrected chi connectivity index (χ1v) is 2.54. The third kappa shape index (κ3) is 1.88. The van der Waals surface area contributed by atoms with Gasteiger partial charge in [-0.05, 0) is 6.92 Å². The highest BCUT2D eigenvalue weighted by molar-refractivity contribution is 5.10. The highest BCUT2D eigenvalue weighted by atomic mass is 16.3. The Hall–Kier alpha value is -0.780. The van der Waals surface area contributed by atoms with E-state index >= 15 is 0 Å². The van der Waals surface area contributed by atoms with Crippen LogP contribution in [0.5, 0.6) is 0 Å². The van der Waals surface area contributed by atoms with E-state index in [2.05, 4.69) is 6.58 Å². The lowest BCUT2D eigenvalue weighted by Gasteiger charge is -2.20. The molecule has 0 bridgehead atoms. The van der Waals surface area contributed by atoms with Crippen LogP contribution in [0.15, 0.2) is 12.7 Å². The average Bonchev–Trinajstić information content (AvgIpc) is 1.86. The van der Waals surface area contributed by atoms with Crippen molar-refractivity contribution in [3.63, 3.8) is 0 Å². The Morgan fingerprint density at radius 2 is 2.33 bits per heavy atom. The van der Waals surface area contributed by atoms with Crippen LogP contribution < -0.4 is 0 Å². The zero-order valence-electron chi connectivity index (χ0n) is 5.33. The second kappa shape index (κ2) is 2.67. The minimum absolute atomic E-state index is 1.17. The van der Waals surface area contributed by atoms with Crippen molar-refractivity contribution in [2.75, 3.05) is 0 Å². The van der Waals surface area contributed by atoms with Gasteiger partial charge in [0.1, 0.15) is 11.7 Å². The normalized spacial score (nSPS) is 19.3. The molecule has 0 saturated carbocycles. The van der Waals surface area contributed by atoms with Crippen molar-refractivity contribution in [3.05, 3.63) is 12.7 Å². The zero-order chi connectivity index (χ0) is 7.49. The molecule has 50 valence electrons. The van der Waals surface area contributed by atoms with Crippen LogP contribution >= 0.6 is 0 Å². The Bertz CT molecular complexity index is 141. The minimum Gasteiger partial charge on any atom is -0.382 e. The van der Waals surface area contributed by atoms with E-state index in [1.54, 1.807) is 0 Å². The van der Waals surface area contributed by atoms with Gasteiger partial charge in [-0.2, -0.15) is 0 Å². The molecule has 0 rings (SSSR count). The van der Waals surface area contributed by atoms with Gasteiger partial charge in [0.2, 0.25) is 0 Å². The first-order valence-electron chi connectivity index (χ1n) is 2.54. The van der Waals surface area contributed by atoms with Crippen LogP contribution in [0, 0.1) is 12.3 Å². The fraction of sp³-hybridized carbons (Fsp3) is 0.429. The van der Waals surface area contributed by atoms with E-state index in [0.717, 1.165) is 0 Å². The van der Waals surface area contributed by atoms with Crippen LogP contribution in [0.25, 0.3) is 0 Å². The van der Waals surface area contributed by atoms with Crippen molar-refractivity contribution >= 4 is 0 Å². The van der Waals surface area contributed by atoms with Crippen LogP contribution in [0.4, 0.5) is 0 Å². The second-order valence-electron chi connectivity index (χ2n) is 2.00. The van der Waals surface area contributed by atoms with Crippen molar-refractivity contribution in [2.45, 2.75) is 18.6 Å². The molecular formula is C7H10O2. The first kappa shape index (κ1) is 8.22. The molecule has 0 aromatic heterocycles. The summed E-state index contributed by atoms with van der Waals surface area (Å²) in [7, 11) is 0. The van der Waals surface area contributed by atoms with Gasteiger partial charge in [-0.3, -0.25) is 0 Å². The lowest BCUT2D eigenvalue weighted by atomic mass is 10.0. The molecule has 0 aromatic rings. The number of aliphatic hydroxyl groups excluding tert-OH is 1. The van der Waals surface area contributed by atoms with E-state index in [0.29, 0.717) is 0 Å². The molecule has 0 aromatic carbocycles. The lowest BCUT2D eigenvalue weighted by molar-refractivity contribution is 0.00612. The summed E-state index contributed by atoms with van der Waals surface area (Å²) in [6, 6.07) is 0. The predicted octanol–water partition coefficient (Wildman–Crippen LogP) is -0.0825. The predicted molar refractivity (Wildman–Crippen MR) is 35.7 cm³/mol. The van der Waals surface area contributed by atoms with E-state index in [1.165, 1.54) is 13.0 Å². The van der Waals surface area contributed by atoms with E-state index < -0.39 is 11.7 Å². The largest absolute Gasteiger partial charge is 0.382 e. The Balaban J connectivity index is 4.17. The van der Waals surface area contributed by atoms with Gasteiger partial charge in [-0.1, -0.05) is 12.0 Å². The number of hydrogen-bond acceptors (Lipinski definition) is 2. The number of hydrogen-bond donors (Lipinski definition) is 2. The first-order chi connectivity index (χ1) is 4.04. The highest BCUT2D eigenvalue weighted by Gasteiger charge is 2.23. The maximum Gasteiger partial charge on any atom is 0.146 e. The van der Waals surface area contributed by atoms with Crippen LogP contribution in [0.1, 0.15) is 6.92 Å². The monoisotopic (exact) mass is 126 g/mol. The van der Waals surface area contributed by atoms with Crippen molar-refractivity contribution in [2.24, 2.45) is 0 Å². The van der Waals surface area contributed by atoms with Gasteiger partial charge in [-0.25, -0.2) is 0 Å². The lowest BCUT2D eigenvalue weighted by Crippen LogP contribution is -2.35. The second-order valence-corrected chi connectivity index (χ2v) is 2.00.